The summed E-state index contributed by atoms with van der Waals surface area (Å²) in [5.74, 6) is 0. The molecule has 1 saturated heterocycles. The molecular weight excluding hydrogens is 299 g/mol. The quantitative estimate of drug-likeness (QED) is 0.565. The van der Waals surface area contributed by atoms with E-state index in [9.17, 15) is 0 Å². The van der Waals surface area contributed by atoms with E-state index in [0.29, 0.717) is 0 Å². The van der Waals surface area contributed by atoms with E-state index in [0.717, 1.165) is 17.0 Å². The van der Waals surface area contributed by atoms with Crippen molar-refractivity contribution in [1.82, 2.24) is 0 Å². The zero-order valence-corrected chi connectivity index (χ0v) is 11.5. The van der Waals surface area contributed by atoms with E-state index in [-0.39, 0.29) is 5.60 Å². The molecule has 1 aromatic carbocycles. The summed E-state index contributed by atoms with van der Waals surface area (Å²) in [7, 11) is 0. The van der Waals surface area contributed by atoms with Crippen molar-refractivity contribution in [1.29, 1.82) is 0 Å². The number of alkyl halides is 1. The van der Waals surface area contributed by atoms with Crippen molar-refractivity contribution in [3.05, 3.63) is 35.4 Å². The maximum atomic E-state index is 5.96. The van der Waals surface area contributed by atoms with Crippen molar-refractivity contribution < 1.29 is 4.74 Å². The molecule has 1 aliphatic heterocycles. The van der Waals surface area contributed by atoms with Gasteiger partial charge in [-0.1, -0.05) is 52.4 Å². The Balaban J connectivity index is 2.24. The first kappa shape index (κ1) is 11.4. The highest BCUT2D eigenvalue weighted by molar-refractivity contribution is 14.1. The molecule has 2 rings (SSSR count). The Morgan fingerprint density at radius 3 is 2.60 bits per heavy atom. The predicted octanol–water partition coefficient (Wildman–Crippen LogP) is 3.82. The molecule has 1 unspecified atom stereocenters. The summed E-state index contributed by atoms with van der Waals surface area (Å²) < 4.78 is 6.70. The smallest absolute Gasteiger partial charge is 0.0913 e. The van der Waals surface area contributed by atoms with E-state index in [1.54, 1.807) is 0 Å². The van der Waals surface area contributed by atoms with Gasteiger partial charge in [0, 0.05) is 10.5 Å². The Kier molecular flexibility index (Phi) is 3.36. The van der Waals surface area contributed by atoms with E-state index < -0.39 is 0 Å². The molecule has 2 atom stereocenters. The standard InChI is InChI=1S/C13H17IO/c1-10-3-5-11(6-4-10)13(2)9-12(14)7-8-15-13/h3-6,12H,7-9H2,1-2H3/t12-,13?/m1/s1. The first-order valence-corrected chi connectivity index (χ1v) is 6.70. The molecule has 82 valence electrons. The molecule has 0 aromatic heterocycles. The van der Waals surface area contributed by atoms with Gasteiger partial charge in [-0.25, -0.2) is 0 Å². The number of benzene rings is 1. The van der Waals surface area contributed by atoms with Gasteiger partial charge in [0.25, 0.3) is 0 Å². The SMILES string of the molecule is Cc1ccc(C2(C)C[C@H](I)CCO2)cc1. The highest BCUT2D eigenvalue weighted by Gasteiger charge is 2.33. The van der Waals surface area contributed by atoms with Gasteiger partial charge in [0.15, 0.2) is 0 Å². The molecule has 0 radical (unpaired) electrons. The van der Waals surface area contributed by atoms with Crippen LogP contribution >= 0.6 is 22.6 Å². The first-order valence-electron chi connectivity index (χ1n) is 5.45. The Morgan fingerprint density at radius 1 is 1.33 bits per heavy atom. The van der Waals surface area contributed by atoms with Crippen LogP contribution in [0.2, 0.25) is 0 Å². The average Bonchev–Trinajstić information content (AvgIpc) is 2.18. The molecule has 1 nitrogen and oxygen atoms in total. The van der Waals surface area contributed by atoms with Crippen molar-refractivity contribution in [3.8, 4) is 0 Å². The Morgan fingerprint density at radius 2 is 2.00 bits per heavy atom. The van der Waals surface area contributed by atoms with Crippen LogP contribution in [-0.4, -0.2) is 10.5 Å². The van der Waals surface area contributed by atoms with E-state index in [1.807, 2.05) is 0 Å². The zero-order valence-electron chi connectivity index (χ0n) is 9.29. The molecular formula is C13H17IO. The zero-order chi connectivity index (χ0) is 10.9. The fraction of sp³-hybridized carbons (Fsp3) is 0.538. The van der Waals surface area contributed by atoms with Crippen LogP contribution in [0.25, 0.3) is 0 Å². The summed E-state index contributed by atoms with van der Waals surface area (Å²) in [6.07, 6.45) is 2.30. The number of aryl methyl sites for hydroxylation is 1. The van der Waals surface area contributed by atoms with Crippen molar-refractivity contribution in [3.63, 3.8) is 0 Å². The molecule has 1 aliphatic rings. The van der Waals surface area contributed by atoms with Gasteiger partial charge >= 0.3 is 0 Å². The normalized spacial score (nSPS) is 31.5. The van der Waals surface area contributed by atoms with Gasteiger partial charge in [-0.05, 0) is 32.3 Å². The maximum Gasteiger partial charge on any atom is 0.0913 e. The predicted molar refractivity (Wildman–Crippen MR) is 71.5 cm³/mol. The van der Waals surface area contributed by atoms with E-state index >= 15 is 0 Å². The van der Waals surface area contributed by atoms with E-state index in [4.69, 9.17) is 4.74 Å². The first-order chi connectivity index (χ1) is 7.10. The molecule has 1 fully saturated rings. The van der Waals surface area contributed by atoms with Crippen LogP contribution in [0, 0.1) is 6.92 Å². The highest BCUT2D eigenvalue weighted by atomic mass is 127. The number of hydrogen-bond donors (Lipinski definition) is 0. The Bertz CT molecular complexity index is 333. The van der Waals surface area contributed by atoms with Crippen molar-refractivity contribution in [2.24, 2.45) is 0 Å². The van der Waals surface area contributed by atoms with Crippen LogP contribution in [0.15, 0.2) is 24.3 Å². The number of hydrogen-bond acceptors (Lipinski definition) is 1. The molecule has 0 amide bonds. The van der Waals surface area contributed by atoms with Crippen LogP contribution < -0.4 is 0 Å². The van der Waals surface area contributed by atoms with Crippen LogP contribution in [0.1, 0.15) is 30.9 Å². The lowest BCUT2D eigenvalue weighted by Gasteiger charge is -2.37. The molecule has 0 spiro atoms. The third-order valence-electron chi connectivity index (χ3n) is 3.12. The fourth-order valence-corrected chi connectivity index (χ4v) is 3.20. The minimum Gasteiger partial charge on any atom is -0.371 e. The minimum absolute atomic E-state index is 0.0716. The summed E-state index contributed by atoms with van der Waals surface area (Å²) in [5, 5.41) is 0. The fourth-order valence-electron chi connectivity index (χ4n) is 2.10. The van der Waals surface area contributed by atoms with Gasteiger partial charge in [0.2, 0.25) is 0 Å². The van der Waals surface area contributed by atoms with Crippen LogP contribution in [0.5, 0.6) is 0 Å². The molecule has 1 aromatic rings. The van der Waals surface area contributed by atoms with Crippen LogP contribution in [0.3, 0.4) is 0 Å². The maximum absolute atomic E-state index is 5.96. The average molecular weight is 316 g/mol. The van der Waals surface area contributed by atoms with Crippen LogP contribution in [-0.2, 0) is 10.3 Å². The second-order valence-electron chi connectivity index (χ2n) is 4.54. The topological polar surface area (TPSA) is 9.23 Å². The number of rotatable bonds is 1. The third kappa shape index (κ3) is 2.53. The van der Waals surface area contributed by atoms with Crippen molar-refractivity contribution >= 4 is 22.6 Å². The van der Waals surface area contributed by atoms with Gasteiger partial charge in [0.1, 0.15) is 0 Å². The summed E-state index contributed by atoms with van der Waals surface area (Å²) in [6, 6.07) is 8.73. The lowest BCUT2D eigenvalue weighted by molar-refractivity contribution is -0.0658. The molecule has 2 heteroatoms. The van der Waals surface area contributed by atoms with E-state index in [2.05, 4.69) is 60.7 Å². The largest absolute Gasteiger partial charge is 0.371 e. The third-order valence-corrected chi connectivity index (χ3v) is 4.19. The Hall–Kier alpha value is -0.0900. The summed E-state index contributed by atoms with van der Waals surface area (Å²) in [5.41, 5.74) is 2.55. The second-order valence-corrected chi connectivity index (χ2v) is 6.30. The lowest BCUT2D eigenvalue weighted by Crippen LogP contribution is -2.34. The van der Waals surface area contributed by atoms with Gasteiger partial charge in [-0.2, -0.15) is 0 Å². The molecule has 0 N–H and O–H groups in total. The van der Waals surface area contributed by atoms with Gasteiger partial charge in [0.05, 0.1) is 5.60 Å². The number of ether oxygens (including phenoxy) is 1. The van der Waals surface area contributed by atoms with Gasteiger partial charge in [-0.3, -0.25) is 0 Å². The van der Waals surface area contributed by atoms with Gasteiger partial charge in [-0.15, -0.1) is 0 Å². The highest BCUT2D eigenvalue weighted by Crippen LogP contribution is 2.37. The lowest BCUT2D eigenvalue weighted by atomic mass is 9.88. The molecule has 0 saturated carbocycles. The van der Waals surface area contributed by atoms with E-state index in [1.165, 1.54) is 17.5 Å². The summed E-state index contributed by atoms with van der Waals surface area (Å²) >= 11 is 2.54. The number of halogens is 1. The second kappa shape index (κ2) is 4.42. The summed E-state index contributed by atoms with van der Waals surface area (Å²) in [6.45, 7) is 5.22. The van der Waals surface area contributed by atoms with Gasteiger partial charge < -0.3 is 4.74 Å². The van der Waals surface area contributed by atoms with Crippen molar-refractivity contribution in [2.45, 2.75) is 36.2 Å². The minimum atomic E-state index is -0.0716. The molecule has 0 aliphatic carbocycles. The molecule has 0 bridgehead atoms. The monoisotopic (exact) mass is 316 g/mol. The molecule has 15 heavy (non-hydrogen) atoms. The molecule has 1 heterocycles. The Labute approximate surface area is 105 Å². The van der Waals surface area contributed by atoms with Crippen LogP contribution in [0.4, 0.5) is 0 Å². The summed E-state index contributed by atoms with van der Waals surface area (Å²) in [4.78, 5) is 0. The van der Waals surface area contributed by atoms with Crippen molar-refractivity contribution in [2.75, 3.05) is 6.61 Å².